The van der Waals surface area contributed by atoms with Gasteiger partial charge in [-0.05, 0) is 43.5 Å². The summed E-state index contributed by atoms with van der Waals surface area (Å²) in [5, 5.41) is 10.0. The van der Waals surface area contributed by atoms with Crippen molar-refractivity contribution in [1.29, 1.82) is 0 Å². The predicted octanol–water partition coefficient (Wildman–Crippen LogP) is 4.54. The van der Waals surface area contributed by atoms with Crippen molar-refractivity contribution in [2.24, 2.45) is 0 Å². The van der Waals surface area contributed by atoms with Crippen molar-refractivity contribution in [2.75, 3.05) is 0 Å². The third-order valence-corrected chi connectivity index (χ3v) is 3.23. The molecule has 0 saturated carbocycles. The Morgan fingerprint density at radius 1 is 1.05 bits per heavy atom. The van der Waals surface area contributed by atoms with Crippen LogP contribution in [-0.4, -0.2) is 5.11 Å². The third kappa shape index (κ3) is 3.15. The van der Waals surface area contributed by atoms with E-state index in [2.05, 4.69) is 6.07 Å². The van der Waals surface area contributed by atoms with Crippen molar-refractivity contribution in [1.82, 2.24) is 0 Å². The molecule has 0 aliphatic carbocycles. The van der Waals surface area contributed by atoms with Crippen molar-refractivity contribution in [3.63, 3.8) is 0 Å². The molecule has 1 N–H and O–H groups in total. The van der Waals surface area contributed by atoms with Crippen LogP contribution in [0.5, 0.6) is 11.5 Å². The Morgan fingerprint density at radius 3 is 2.53 bits per heavy atom. The first-order chi connectivity index (χ1) is 9.11. The molecule has 100 valence electrons. The van der Waals surface area contributed by atoms with Crippen LogP contribution in [0.4, 0.5) is 0 Å². The van der Waals surface area contributed by atoms with E-state index in [1.54, 1.807) is 0 Å². The third-order valence-electron chi connectivity index (χ3n) is 3.23. The Morgan fingerprint density at radius 2 is 1.79 bits per heavy atom. The molecule has 2 aromatic carbocycles. The maximum absolute atomic E-state index is 10.0. The number of hydrogen-bond acceptors (Lipinski definition) is 2. The van der Waals surface area contributed by atoms with Gasteiger partial charge in [0, 0.05) is 5.56 Å². The molecule has 0 amide bonds. The summed E-state index contributed by atoms with van der Waals surface area (Å²) >= 11 is 0. The van der Waals surface area contributed by atoms with Gasteiger partial charge in [0.1, 0.15) is 11.5 Å². The Bertz CT molecular complexity index is 561. The van der Waals surface area contributed by atoms with Crippen molar-refractivity contribution >= 4 is 0 Å². The SMILES string of the molecule is CC[C@@H](O)c1ccccc1Oc1cc(C)ccc1C. The number of ether oxygens (including phenoxy) is 1. The summed E-state index contributed by atoms with van der Waals surface area (Å²) in [6.07, 6.45) is 0.189. The van der Waals surface area contributed by atoms with E-state index in [0.717, 1.165) is 28.2 Å². The molecule has 2 rings (SSSR count). The lowest BCUT2D eigenvalue weighted by atomic mass is 10.1. The fourth-order valence-electron chi connectivity index (χ4n) is 2.00. The van der Waals surface area contributed by atoms with Crippen LogP contribution < -0.4 is 4.74 Å². The van der Waals surface area contributed by atoms with Crippen LogP contribution in [0, 0.1) is 13.8 Å². The maximum atomic E-state index is 10.0. The fraction of sp³-hybridized carbons (Fsp3) is 0.294. The number of hydrogen-bond donors (Lipinski definition) is 1. The second kappa shape index (κ2) is 5.89. The van der Waals surface area contributed by atoms with Gasteiger partial charge in [0.25, 0.3) is 0 Å². The van der Waals surface area contributed by atoms with Crippen molar-refractivity contribution < 1.29 is 9.84 Å². The fourth-order valence-corrected chi connectivity index (χ4v) is 2.00. The van der Waals surface area contributed by atoms with E-state index in [9.17, 15) is 5.11 Å². The number of rotatable bonds is 4. The average molecular weight is 256 g/mol. The van der Waals surface area contributed by atoms with Crippen molar-refractivity contribution in [2.45, 2.75) is 33.3 Å². The van der Waals surface area contributed by atoms with Gasteiger partial charge in [0.05, 0.1) is 6.10 Å². The molecule has 2 aromatic rings. The highest BCUT2D eigenvalue weighted by Crippen LogP contribution is 2.32. The van der Waals surface area contributed by atoms with Gasteiger partial charge in [0.2, 0.25) is 0 Å². The second-order valence-corrected chi connectivity index (χ2v) is 4.83. The molecule has 0 unspecified atom stereocenters. The van der Waals surface area contributed by atoms with Gasteiger partial charge in [-0.1, -0.05) is 37.3 Å². The zero-order valence-corrected chi connectivity index (χ0v) is 11.7. The van der Waals surface area contributed by atoms with Gasteiger partial charge in [-0.2, -0.15) is 0 Å². The minimum Gasteiger partial charge on any atom is -0.457 e. The topological polar surface area (TPSA) is 29.5 Å². The second-order valence-electron chi connectivity index (χ2n) is 4.83. The summed E-state index contributed by atoms with van der Waals surface area (Å²) in [6, 6.07) is 13.8. The summed E-state index contributed by atoms with van der Waals surface area (Å²) in [4.78, 5) is 0. The van der Waals surface area contributed by atoms with Crippen molar-refractivity contribution in [3.05, 3.63) is 59.2 Å². The van der Waals surface area contributed by atoms with E-state index in [0.29, 0.717) is 6.42 Å². The Labute approximate surface area is 114 Å². The average Bonchev–Trinajstić information content (AvgIpc) is 2.42. The summed E-state index contributed by atoms with van der Waals surface area (Å²) in [6.45, 7) is 6.02. The summed E-state index contributed by atoms with van der Waals surface area (Å²) < 4.78 is 5.98. The first-order valence-electron chi connectivity index (χ1n) is 6.64. The molecule has 0 aliphatic rings. The Kier molecular flexibility index (Phi) is 4.23. The predicted molar refractivity (Wildman–Crippen MR) is 77.7 cm³/mol. The first-order valence-corrected chi connectivity index (χ1v) is 6.64. The standard InChI is InChI=1S/C17H20O2/c1-4-15(18)14-7-5-6-8-16(14)19-17-11-12(2)9-10-13(17)3/h5-11,15,18H,4H2,1-3H3/t15-/m1/s1. The molecule has 0 saturated heterocycles. The lowest BCUT2D eigenvalue weighted by Crippen LogP contribution is -1.99. The lowest BCUT2D eigenvalue weighted by molar-refractivity contribution is 0.170. The van der Waals surface area contributed by atoms with Gasteiger partial charge < -0.3 is 9.84 Å². The smallest absolute Gasteiger partial charge is 0.133 e. The minimum atomic E-state index is -0.485. The Balaban J connectivity index is 2.35. The summed E-state index contributed by atoms with van der Waals surface area (Å²) in [7, 11) is 0. The summed E-state index contributed by atoms with van der Waals surface area (Å²) in [5.74, 6) is 1.57. The van der Waals surface area contributed by atoms with Gasteiger partial charge in [-0.25, -0.2) is 0 Å². The molecule has 0 bridgehead atoms. The number of para-hydroxylation sites is 1. The number of aryl methyl sites for hydroxylation is 2. The van der Waals surface area contributed by atoms with Crippen LogP contribution in [0.1, 0.15) is 36.1 Å². The Hall–Kier alpha value is -1.80. The van der Waals surface area contributed by atoms with Gasteiger partial charge in [-0.15, -0.1) is 0 Å². The highest BCUT2D eigenvalue weighted by atomic mass is 16.5. The van der Waals surface area contributed by atoms with E-state index < -0.39 is 6.10 Å². The van der Waals surface area contributed by atoms with Gasteiger partial charge >= 0.3 is 0 Å². The van der Waals surface area contributed by atoms with Crippen LogP contribution >= 0.6 is 0 Å². The zero-order valence-electron chi connectivity index (χ0n) is 11.7. The quantitative estimate of drug-likeness (QED) is 0.870. The van der Waals surface area contributed by atoms with Gasteiger partial charge in [0.15, 0.2) is 0 Å². The van der Waals surface area contributed by atoms with Gasteiger partial charge in [-0.3, -0.25) is 0 Å². The van der Waals surface area contributed by atoms with Crippen LogP contribution in [0.15, 0.2) is 42.5 Å². The highest BCUT2D eigenvalue weighted by Gasteiger charge is 2.12. The van der Waals surface area contributed by atoms with E-state index in [4.69, 9.17) is 4.74 Å². The molecule has 1 atom stereocenters. The molecule has 2 nitrogen and oxygen atoms in total. The lowest BCUT2D eigenvalue weighted by Gasteiger charge is -2.16. The normalized spacial score (nSPS) is 12.2. The summed E-state index contributed by atoms with van der Waals surface area (Å²) in [5.41, 5.74) is 3.09. The van der Waals surface area contributed by atoms with E-state index in [1.807, 2.05) is 57.2 Å². The monoisotopic (exact) mass is 256 g/mol. The number of aliphatic hydroxyl groups excluding tert-OH is 1. The molecule has 0 aliphatic heterocycles. The molecule has 19 heavy (non-hydrogen) atoms. The number of benzene rings is 2. The van der Waals surface area contributed by atoms with Crippen LogP contribution in [0.25, 0.3) is 0 Å². The highest BCUT2D eigenvalue weighted by molar-refractivity contribution is 5.43. The molecule has 0 radical (unpaired) electrons. The zero-order chi connectivity index (χ0) is 13.8. The number of aliphatic hydroxyl groups is 1. The molecular formula is C17H20O2. The first kappa shape index (κ1) is 13.6. The largest absolute Gasteiger partial charge is 0.457 e. The van der Waals surface area contributed by atoms with E-state index in [-0.39, 0.29) is 0 Å². The molecule has 0 heterocycles. The van der Waals surface area contributed by atoms with E-state index in [1.165, 1.54) is 0 Å². The molecular weight excluding hydrogens is 236 g/mol. The maximum Gasteiger partial charge on any atom is 0.133 e. The van der Waals surface area contributed by atoms with Crippen LogP contribution in [0.3, 0.4) is 0 Å². The molecule has 0 fully saturated rings. The molecule has 2 heteroatoms. The van der Waals surface area contributed by atoms with Crippen LogP contribution in [0.2, 0.25) is 0 Å². The van der Waals surface area contributed by atoms with Crippen LogP contribution in [-0.2, 0) is 0 Å². The molecule has 0 aromatic heterocycles. The van der Waals surface area contributed by atoms with E-state index >= 15 is 0 Å². The van der Waals surface area contributed by atoms with Crippen molar-refractivity contribution in [3.8, 4) is 11.5 Å². The molecule has 0 spiro atoms. The minimum absolute atomic E-state index is 0.485.